The first-order chi connectivity index (χ1) is 13.0. The predicted octanol–water partition coefficient (Wildman–Crippen LogP) is 5.63. The fraction of sp³-hybridized carbons (Fsp3) is 0.200. The molecule has 4 rings (SSSR count). The normalized spacial score (nSPS) is 11.1. The second-order valence-corrected chi connectivity index (χ2v) is 7.46. The van der Waals surface area contributed by atoms with Gasteiger partial charge in [0.05, 0.1) is 5.39 Å². The highest BCUT2D eigenvalue weighted by Gasteiger charge is 2.18. The third kappa shape index (κ3) is 3.02. The van der Waals surface area contributed by atoms with Crippen LogP contribution in [0, 0.1) is 27.7 Å². The summed E-state index contributed by atoms with van der Waals surface area (Å²) in [6.07, 6.45) is 1.96. The molecule has 0 saturated carbocycles. The Bertz CT molecular complexity index is 1160. The Morgan fingerprint density at radius 3 is 2.37 bits per heavy atom. The van der Waals surface area contributed by atoms with Crippen LogP contribution >= 0.6 is 0 Å². The van der Waals surface area contributed by atoms with Crippen molar-refractivity contribution in [3.8, 4) is 22.4 Å². The van der Waals surface area contributed by atoms with E-state index in [4.69, 9.17) is 0 Å². The van der Waals surface area contributed by atoms with Gasteiger partial charge in [0.1, 0.15) is 7.05 Å². The number of pyridine rings is 2. The van der Waals surface area contributed by atoms with Crippen LogP contribution in [0.3, 0.4) is 0 Å². The number of aryl methyl sites for hydroxylation is 4. The highest BCUT2D eigenvalue weighted by molar-refractivity contribution is 5.93. The van der Waals surface area contributed by atoms with Crippen LogP contribution in [-0.4, -0.2) is 4.98 Å². The lowest BCUT2D eigenvalue weighted by molar-refractivity contribution is -0.633. The van der Waals surface area contributed by atoms with Crippen LogP contribution in [0.1, 0.15) is 22.4 Å². The van der Waals surface area contributed by atoms with Gasteiger partial charge in [-0.3, -0.25) is 4.98 Å². The lowest BCUT2D eigenvalue weighted by Gasteiger charge is -2.12. The molecule has 0 aliphatic rings. The molecule has 0 unspecified atom stereocenters. The number of benzene rings is 2. The van der Waals surface area contributed by atoms with Crippen LogP contribution in [0.25, 0.3) is 33.3 Å². The molecule has 2 heteroatoms. The fourth-order valence-electron chi connectivity index (χ4n) is 3.88. The second kappa shape index (κ2) is 6.62. The Kier molecular flexibility index (Phi) is 4.27. The van der Waals surface area contributed by atoms with Crippen molar-refractivity contribution in [2.45, 2.75) is 27.7 Å². The van der Waals surface area contributed by atoms with Gasteiger partial charge in [-0.2, -0.15) is 4.57 Å². The second-order valence-electron chi connectivity index (χ2n) is 7.46. The summed E-state index contributed by atoms with van der Waals surface area (Å²) in [5.41, 5.74) is 11.2. The molecular formula is C25H25N2+. The summed E-state index contributed by atoms with van der Waals surface area (Å²) in [4.78, 5) is 4.47. The zero-order valence-electron chi connectivity index (χ0n) is 16.7. The first-order valence-corrected chi connectivity index (χ1v) is 9.38. The van der Waals surface area contributed by atoms with E-state index in [2.05, 4.69) is 92.0 Å². The average molecular weight is 353 g/mol. The van der Waals surface area contributed by atoms with Gasteiger partial charge in [-0.15, -0.1) is 0 Å². The zero-order chi connectivity index (χ0) is 19.1. The predicted molar refractivity (Wildman–Crippen MR) is 113 cm³/mol. The standard InChI is InChI=1S/C25H25N2/c1-16-13-17(2)19(4)23(14-16)25-12-11-22-21(7-6-8-24(22)27(25)5)20-10-9-18(3)26-15-20/h6-15H,1-5H3/q+1. The van der Waals surface area contributed by atoms with Gasteiger partial charge < -0.3 is 0 Å². The topological polar surface area (TPSA) is 16.8 Å². The SMILES string of the molecule is Cc1cc(C)c(C)c(-c2ccc3c(-c4ccc(C)nc4)cccc3[n+]2C)c1. The quantitative estimate of drug-likeness (QED) is 0.427. The first-order valence-electron chi connectivity index (χ1n) is 9.38. The summed E-state index contributed by atoms with van der Waals surface area (Å²) in [6.45, 7) is 8.59. The van der Waals surface area contributed by atoms with Crippen LogP contribution < -0.4 is 4.57 Å². The van der Waals surface area contributed by atoms with E-state index in [1.165, 1.54) is 44.4 Å². The summed E-state index contributed by atoms with van der Waals surface area (Å²) in [5.74, 6) is 0. The third-order valence-corrected chi connectivity index (χ3v) is 5.52. The van der Waals surface area contributed by atoms with E-state index < -0.39 is 0 Å². The van der Waals surface area contributed by atoms with Gasteiger partial charge in [-0.1, -0.05) is 29.8 Å². The Hall–Kier alpha value is -3.00. The van der Waals surface area contributed by atoms with Crippen LogP contribution in [0.15, 0.2) is 60.8 Å². The molecule has 0 aliphatic heterocycles. The highest BCUT2D eigenvalue weighted by atomic mass is 14.9. The zero-order valence-corrected chi connectivity index (χ0v) is 16.7. The molecule has 2 aromatic carbocycles. The molecule has 4 aromatic rings. The number of rotatable bonds is 2. The molecule has 0 radical (unpaired) electrons. The maximum Gasteiger partial charge on any atom is 0.213 e. The highest BCUT2D eigenvalue weighted by Crippen LogP contribution is 2.30. The van der Waals surface area contributed by atoms with Crippen molar-refractivity contribution in [3.05, 3.63) is 83.2 Å². The van der Waals surface area contributed by atoms with E-state index in [-0.39, 0.29) is 0 Å². The Balaban J connectivity index is 1.96. The summed E-state index contributed by atoms with van der Waals surface area (Å²) in [5, 5.41) is 1.25. The number of nitrogens with zero attached hydrogens (tertiary/aromatic N) is 2. The molecule has 0 spiro atoms. The van der Waals surface area contributed by atoms with Gasteiger partial charge in [-0.25, -0.2) is 0 Å². The molecular weight excluding hydrogens is 328 g/mol. The van der Waals surface area contributed by atoms with Gasteiger partial charge in [-0.05, 0) is 62.6 Å². The van der Waals surface area contributed by atoms with Gasteiger partial charge in [0, 0.05) is 35.2 Å². The van der Waals surface area contributed by atoms with E-state index >= 15 is 0 Å². The van der Waals surface area contributed by atoms with E-state index in [9.17, 15) is 0 Å². The van der Waals surface area contributed by atoms with Crippen molar-refractivity contribution in [1.29, 1.82) is 0 Å². The Morgan fingerprint density at radius 2 is 1.63 bits per heavy atom. The van der Waals surface area contributed by atoms with Crippen molar-refractivity contribution in [3.63, 3.8) is 0 Å². The minimum atomic E-state index is 1.04. The lowest BCUT2D eigenvalue weighted by Crippen LogP contribution is -2.32. The number of hydrogen-bond acceptors (Lipinski definition) is 1. The Labute approximate surface area is 161 Å². The molecule has 0 fully saturated rings. The molecule has 0 aliphatic carbocycles. The Morgan fingerprint density at radius 1 is 0.815 bits per heavy atom. The first kappa shape index (κ1) is 17.4. The largest absolute Gasteiger partial charge is 0.261 e. The van der Waals surface area contributed by atoms with Crippen LogP contribution in [0.5, 0.6) is 0 Å². The van der Waals surface area contributed by atoms with Crippen molar-refractivity contribution in [2.24, 2.45) is 7.05 Å². The molecule has 0 amide bonds. The van der Waals surface area contributed by atoms with Crippen LogP contribution in [-0.2, 0) is 7.05 Å². The maximum absolute atomic E-state index is 4.47. The number of fused-ring (bicyclic) bond motifs is 1. The van der Waals surface area contributed by atoms with Crippen molar-refractivity contribution < 1.29 is 4.57 Å². The molecule has 0 atom stereocenters. The van der Waals surface area contributed by atoms with E-state index in [0.717, 1.165) is 11.3 Å². The summed E-state index contributed by atoms with van der Waals surface area (Å²) in [7, 11) is 2.16. The monoisotopic (exact) mass is 353 g/mol. The minimum Gasteiger partial charge on any atom is -0.261 e. The molecule has 2 aromatic heterocycles. The van der Waals surface area contributed by atoms with Gasteiger partial charge >= 0.3 is 0 Å². The summed E-state index contributed by atoms with van der Waals surface area (Å²) >= 11 is 0. The number of aromatic nitrogens is 2. The van der Waals surface area contributed by atoms with Gasteiger partial charge in [0.25, 0.3) is 0 Å². The van der Waals surface area contributed by atoms with Crippen molar-refractivity contribution in [1.82, 2.24) is 4.98 Å². The van der Waals surface area contributed by atoms with Crippen molar-refractivity contribution >= 4 is 10.9 Å². The maximum atomic E-state index is 4.47. The molecule has 2 nitrogen and oxygen atoms in total. The molecule has 2 heterocycles. The van der Waals surface area contributed by atoms with Gasteiger partial charge in [0.2, 0.25) is 11.2 Å². The van der Waals surface area contributed by atoms with E-state index in [1.807, 2.05) is 13.1 Å². The average Bonchev–Trinajstić information content (AvgIpc) is 2.66. The molecule has 0 bridgehead atoms. The van der Waals surface area contributed by atoms with Crippen molar-refractivity contribution in [2.75, 3.05) is 0 Å². The lowest BCUT2D eigenvalue weighted by atomic mass is 9.96. The van der Waals surface area contributed by atoms with E-state index in [1.54, 1.807) is 0 Å². The van der Waals surface area contributed by atoms with E-state index in [0.29, 0.717) is 0 Å². The smallest absolute Gasteiger partial charge is 0.213 e. The molecule has 0 N–H and O–H groups in total. The van der Waals surface area contributed by atoms with Crippen LogP contribution in [0.4, 0.5) is 0 Å². The molecule has 27 heavy (non-hydrogen) atoms. The summed E-state index contributed by atoms with van der Waals surface area (Å²) in [6, 6.07) is 19.8. The number of hydrogen-bond donors (Lipinski definition) is 0. The minimum absolute atomic E-state index is 1.04. The fourth-order valence-corrected chi connectivity index (χ4v) is 3.88. The third-order valence-electron chi connectivity index (χ3n) is 5.52. The summed E-state index contributed by atoms with van der Waals surface area (Å²) < 4.78 is 2.31. The molecule has 134 valence electrons. The van der Waals surface area contributed by atoms with Gasteiger partial charge in [0.15, 0.2) is 0 Å². The molecule has 0 saturated heterocycles. The van der Waals surface area contributed by atoms with Crippen LogP contribution in [0.2, 0.25) is 0 Å².